The second kappa shape index (κ2) is 4.55. The van der Waals surface area contributed by atoms with Gasteiger partial charge in [-0.3, -0.25) is 9.78 Å². The summed E-state index contributed by atoms with van der Waals surface area (Å²) in [5.74, 6) is -0.245. The van der Waals surface area contributed by atoms with E-state index < -0.39 is 0 Å². The minimum Gasteiger partial charge on any atom is -0.320 e. The Balaban J connectivity index is 2.22. The van der Waals surface area contributed by atoms with Gasteiger partial charge in [0.2, 0.25) is 0 Å². The molecule has 0 atom stereocenters. The molecule has 5 heteroatoms. The zero-order chi connectivity index (χ0) is 11.4. The van der Waals surface area contributed by atoms with Crippen LogP contribution in [0.1, 0.15) is 15.2 Å². The molecular formula is C11H7N3OS. The van der Waals surface area contributed by atoms with Crippen LogP contribution in [0, 0.1) is 11.3 Å². The summed E-state index contributed by atoms with van der Waals surface area (Å²) in [6.07, 6.45) is 1.50. The fourth-order valence-electron chi connectivity index (χ4n) is 1.20. The highest BCUT2D eigenvalue weighted by molar-refractivity contribution is 7.11. The molecule has 0 bridgehead atoms. The predicted octanol–water partition coefficient (Wildman–Crippen LogP) is 2.27. The molecule has 0 aliphatic rings. The average molecular weight is 229 g/mol. The molecule has 4 nitrogen and oxygen atoms in total. The van der Waals surface area contributed by atoms with Crippen LogP contribution in [0.5, 0.6) is 0 Å². The average Bonchev–Trinajstić information content (AvgIpc) is 2.83. The summed E-state index contributed by atoms with van der Waals surface area (Å²) in [6.45, 7) is 0. The molecule has 78 valence electrons. The molecule has 1 aromatic carbocycles. The minimum absolute atomic E-state index is 0.245. The van der Waals surface area contributed by atoms with Gasteiger partial charge in [0, 0.05) is 0 Å². The number of aromatic nitrogens is 1. The van der Waals surface area contributed by atoms with E-state index in [1.165, 1.54) is 17.5 Å². The first kappa shape index (κ1) is 10.3. The molecule has 2 rings (SSSR count). The van der Waals surface area contributed by atoms with Crippen molar-refractivity contribution in [1.82, 2.24) is 4.98 Å². The van der Waals surface area contributed by atoms with Crippen LogP contribution in [0.3, 0.4) is 0 Å². The van der Waals surface area contributed by atoms with Crippen LogP contribution in [0.2, 0.25) is 0 Å². The van der Waals surface area contributed by atoms with Gasteiger partial charge in [0.05, 0.1) is 23.0 Å². The maximum absolute atomic E-state index is 11.7. The van der Waals surface area contributed by atoms with Gasteiger partial charge >= 0.3 is 0 Å². The number of para-hydroxylation sites is 1. The number of nitrogens with one attached hydrogen (secondary N) is 1. The van der Waals surface area contributed by atoms with Crippen molar-refractivity contribution < 1.29 is 4.79 Å². The number of thiazole rings is 1. The number of rotatable bonds is 2. The molecule has 0 aliphatic carbocycles. The van der Waals surface area contributed by atoms with Gasteiger partial charge in [-0.25, -0.2) is 0 Å². The lowest BCUT2D eigenvalue weighted by atomic mass is 10.2. The number of carbonyl (C=O) groups excluding carboxylic acids is 1. The number of nitrogens with zero attached hydrogens (tertiary/aromatic N) is 2. The number of carbonyl (C=O) groups is 1. The fraction of sp³-hybridized carbons (Fsp3) is 0. The molecule has 0 saturated heterocycles. The van der Waals surface area contributed by atoms with Gasteiger partial charge in [-0.15, -0.1) is 11.3 Å². The van der Waals surface area contributed by atoms with E-state index in [9.17, 15) is 4.79 Å². The van der Waals surface area contributed by atoms with Crippen molar-refractivity contribution in [3.63, 3.8) is 0 Å². The Hall–Kier alpha value is -2.19. The second-order valence-electron chi connectivity index (χ2n) is 2.98. The molecule has 0 spiro atoms. The normalized spacial score (nSPS) is 9.44. The third kappa shape index (κ3) is 2.07. The second-order valence-corrected chi connectivity index (χ2v) is 3.86. The molecule has 1 amide bonds. The van der Waals surface area contributed by atoms with E-state index in [-0.39, 0.29) is 5.91 Å². The van der Waals surface area contributed by atoms with Crippen LogP contribution >= 0.6 is 11.3 Å². The summed E-state index contributed by atoms with van der Waals surface area (Å²) in [4.78, 5) is 16.0. The molecule has 1 heterocycles. The van der Waals surface area contributed by atoms with E-state index in [1.54, 1.807) is 29.8 Å². The molecule has 0 fully saturated rings. The van der Waals surface area contributed by atoms with E-state index >= 15 is 0 Å². The van der Waals surface area contributed by atoms with E-state index in [1.807, 2.05) is 6.07 Å². The SMILES string of the molecule is N#Cc1ccccc1NC(=O)c1cncs1. The maximum atomic E-state index is 11.7. The van der Waals surface area contributed by atoms with Gasteiger partial charge in [-0.1, -0.05) is 12.1 Å². The predicted molar refractivity (Wildman–Crippen MR) is 61.2 cm³/mol. The van der Waals surface area contributed by atoms with E-state index in [4.69, 9.17) is 5.26 Å². The first-order valence-corrected chi connectivity index (χ1v) is 5.38. The summed E-state index contributed by atoms with van der Waals surface area (Å²) in [6, 6.07) is 8.88. The quantitative estimate of drug-likeness (QED) is 0.859. The van der Waals surface area contributed by atoms with Gasteiger partial charge in [0.25, 0.3) is 5.91 Å². The van der Waals surface area contributed by atoms with E-state index in [2.05, 4.69) is 10.3 Å². The maximum Gasteiger partial charge on any atom is 0.267 e. The minimum atomic E-state index is -0.245. The topological polar surface area (TPSA) is 65.8 Å². The lowest BCUT2D eigenvalue weighted by Crippen LogP contribution is -2.11. The Morgan fingerprint density at radius 2 is 2.25 bits per heavy atom. The number of hydrogen-bond acceptors (Lipinski definition) is 4. The van der Waals surface area contributed by atoms with E-state index in [0.717, 1.165) is 0 Å². The van der Waals surface area contributed by atoms with Crippen LogP contribution in [0.4, 0.5) is 5.69 Å². The van der Waals surface area contributed by atoms with Crippen molar-refractivity contribution >= 4 is 22.9 Å². The van der Waals surface area contributed by atoms with E-state index in [0.29, 0.717) is 16.1 Å². The van der Waals surface area contributed by atoms with Gasteiger partial charge in [-0.05, 0) is 12.1 Å². The molecule has 1 aromatic heterocycles. The third-order valence-corrected chi connectivity index (χ3v) is 2.72. The summed E-state index contributed by atoms with van der Waals surface area (Å²) in [5, 5.41) is 11.5. The summed E-state index contributed by atoms with van der Waals surface area (Å²) in [5.41, 5.74) is 2.55. The highest BCUT2D eigenvalue weighted by Gasteiger charge is 2.09. The number of benzene rings is 1. The van der Waals surface area contributed by atoms with Crippen molar-refractivity contribution in [1.29, 1.82) is 5.26 Å². The van der Waals surface area contributed by atoms with Crippen LogP contribution in [0.15, 0.2) is 36.0 Å². The number of anilines is 1. The zero-order valence-electron chi connectivity index (χ0n) is 8.18. The highest BCUT2D eigenvalue weighted by atomic mass is 32.1. The summed E-state index contributed by atoms with van der Waals surface area (Å²) < 4.78 is 0. The molecular weight excluding hydrogens is 222 g/mol. The molecule has 16 heavy (non-hydrogen) atoms. The number of amides is 1. The lowest BCUT2D eigenvalue weighted by Gasteiger charge is -2.04. The molecule has 0 radical (unpaired) electrons. The molecule has 2 aromatic rings. The fourth-order valence-corrected chi connectivity index (χ4v) is 1.72. The lowest BCUT2D eigenvalue weighted by molar-refractivity contribution is 0.103. The first-order valence-electron chi connectivity index (χ1n) is 4.50. The van der Waals surface area contributed by atoms with Crippen molar-refractivity contribution in [2.24, 2.45) is 0 Å². The van der Waals surface area contributed by atoms with Crippen molar-refractivity contribution in [2.75, 3.05) is 5.32 Å². The highest BCUT2D eigenvalue weighted by Crippen LogP contribution is 2.15. The standard InChI is InChI=1S/C11H7N3OS/c12-5-8-3-1-2-4-9(8)14-11(15)10-6-13-7-16-10/h1-4,6-7H,(H,14,15). The number of nitriles is 1. The van der Waals surface area contributed by atoms with Gasteiger partial charge in [-0.2, -0.15) is 5.26 Å². The zero-order valence-corrected chi connectivity index (χ0v) is 8.99. The molecule has 0 saturated carbocycles. The van der Waals surface area contributed by atoms with Crippen LogP contribution in [-0.2, 0) is 0 Å². The smallest absolute Gasteiger partial charge is 0.267 e. The molecule has 0 aliphatic heterocycles. The molecule has 1 N–H and O–H groups in total. The molecule has 0 unspecified atom stereocenters. The summed E-state index contributed by atoms with van der Waals surface area (Å²) >= 11 is 1.26. The first-order chi connectivity index (χ1) is 7.81. The number of hydrogen-bond donors (Lipinski definition) is 1. The Morgan fingerprint density at radius 1 is 1.44 bits per heavy atom. The Bertz CT molecular complexity index is 543. The van der Waals surface area contributed by atoms with Gasteiger partial charge < -0.3 is 5.32 Å². The van der Waals surface area contributed by atoms with Crippen molar-refractivity contribution in [3.8, 4) is 6.07 Å². The van der Waals surface area contributed by atoms with Crippen molar-refractivity contribution in [2.45, 2.75) is 0 Å². The third-order valence-electron chi connectivity index (χ3n) is 1.95. The van der Waals surface area contributed by atoms with Crippen LogP contribution in [0.25, 0.3) is 0 Å². The van der Waals surface area contributed by atoms with Crippen molar-refractivity contribution in [3.05, 3.63) is 46.4 Å². The monoisotopic (exact) mass is 229 g/mol. The van der Waals surface area contributed by atoms with Gasteiger partial charge in [0.15, 0.2) is 0 Å². The Labute approximate surface area is 96.2 Å². The van der Waals surface area contributed by atoms with Crippen LogP contribution in [-0.4, -0.2) is 10.9 Å². The van der Waals surface area contributed by atoms with Gasteiger partial charge in [0.1, 0.15) is 10.9 Å². The summed E-state index contributed by atoms with van der Waals surface area (Å²) in [7, 11) is 0. The Kier molecular flexibility index (Phi) is 2.94. The van der Waals surface area contributed by atoms with Crippen LogP contribution < -0.4 is 5.32 Å². The largest absolute Gasteiger partial charge is 0.320 e. The Morgan fingerprint density at radius 3 is 2.94 bits per heavy atom.